The molecule has 28 heavy (non-hydrogen) atoms. The molecule has 0 fully saturated rings. The Bertz CT molecular complexity index is 932. The summed E-state index contributed by atoms with van der Waals surface area (Å²) in [6.07, 6.45) is 3.33. The standard InChI is InChI=1S/C22H22N2O4/c1-16-5-10-21(26-2)20(12-16)23-13-17-6-8-18(9-7-17)28-15-22(25)24-14-19-4-3-11-27-19/h3-13H,14-15H2,1-2H3,(H,24,25). The highest BCUT2D eigenvalue weighted by atomic mass is 16.5. The van der Waals surface area contributed by atoms with Gasteiger partial charge in [0, 0.05) is 6.21 Å². The number of carbonyl (C=O) groups excluding carboxylic acids is 1. The van der Waals surface area contributed by atoms with E-state index < -0.39 is 0 Å². The van der Waals surface area contributed by atoms with E-state index >= 15 is 0 Å². The molecule has 0 aliphatic carbocycles. The third kappa shape index (κ3) is 5.48. The molecule has 0 atom stereocenters. The van der Waals surface area contributed by atoms with Crippen LogP contribution in [-0.4, -0.2) is 25.8 Å². The second-order valence-electron chi connectivity index (χ2n) is 6.15. The van der Waals surface area contributed by atoms with E-state index in [0.29, 0.717) is 18.1 Å². The van der Waals surface area contributed by atoms with Crippen molar-refractivity contribution in [2.75, 3.05) is 13.7 Å². The predicted molar refractivity (Wildman–Crippen MR) is 107 cm³/mol. The van der Waals surface area contributed by atoms with Gasteiger partial charge >= 0.3 is 0 Å². The molecule has 144 valence electrons. The number of amides is 1. The molecule has 6 heteroatoms. The third-order valence-electron chi connectivity index (χ3n) is 3.98. The van der Waals surface area contributed by atoms with Crippen molar-refractivity contribution in [1.82, 2.24) is 5.32 Å². The van der Waals surface area contributed by atoms with Crippen molar-refractivity contribution >= 4 is 17.8 Å². The molecule has 1 heterocycles. The highest BCUT2D eigenvalue weighted by Gasteiger charge is 2.04. The average Bonchev–Trinajstić information content (AvgIpc) is 3.24. The number of benzene rings is 2. The maximum absolute atomic E-state index is 11.8. The maximum atomic E-state index is 11.8. The first-order valence-electron chi connectivity index (χ1n) is 8.85. The van der Waals surface area contributed by atoms with Crippen molar-refractivity contribution in [3.63, 3.8) is 0 Å². The number of hydrogen-bond acceptors (Lipinski definition) is 5. The number of aryl methyl sites for hydroxylation is 1. The number of aliphatic imine (C=N–C) groups is 1. The van der Waals surface area contributed by atoms with Crippen molar-refractivity contribution in [2.45, 2.75) is 13.5 Å². The second-order valence-corrected chi connectivity index (χ2v) is 6.15. The van der Waals surface area contributed by atoms with Gasteiger partial charge in [0.2, 0.25) is 0 Å². The van der Waals surface area contributed by atoms with Crippen LogP contribution in [0, 0.1) is 6.92 Å². The molecule has 0 bridgehead atoms. The molecule has 0 saturated carbocycles. The Kier molecular flexibility index (Phi) is 6.46. The number of nitrogens with zero attached hydrogens (tertiary/aromatic N) is 1. The molecule has 0 radical (unpaired) electrons. The van der Waals surface area contributed by atoms with Crippen LogP contribution in [0.5, 0.6) is 11.5 Å². The molecular formula is C22H22N2O4. The fraction of sp³-hybridized carbons (Fsp3) is 0.182. The van der Waals surface area contributed by atoms with E-state index in [1.807, 2.05) is 37.3 Å². The summed E-state index contributed by atoms with van der Waals surface area (Å²) < 4.78 is 16.0. The summed E-state index contributed by atoms with van der Waals surface area (Å²) in [6.45, 7) is 2.29. The van der Waals surface area contributed by atoms with Gasteiger partial charge in [0.15, 0.2) is 6.61 Å². The van der Waals surface area contributed by atoms with Crippen molar-refractivity contribution in [3.8, 4) is 11.5 Å². The highest BCUT2D eigenvalue weighted by molar-refractivity contribution is 5.83. The van der Waals surface area contributed by atoms with Crippen LogP contribution in [-0.2, 0) is 11.3 Å². The highest BCUT2D eigenvalue weighted by Crippen LogP contribution is 2.28. The predicted octanol–water partition coefficient (Wildman–Crippen LogP) is 4.04. The largest absolute Gasteiger partial charge is 0.494 e. The van der Waals surface area contributed by atoms with Gasteiger partial charge in [-0.3, -0.25) is 9.79 Å². The summed E-state index contributed by atoms with van der Waals surface area (Å²) >= 11 is 0. The van der Waals surface area contributed by atoms with Gasteiger partial charge in [-0.05, 0) is 66.6 Å². The lowest BCUT2D eigenvalue weighted by molar-refractivity contribution is -0.123. The smallest absolute Gasteiger partial charge is 0.258 e. The monoisotopic (exact) mass is 378 g/mol. The Balaban J connectivity index is 1.52. The van der Waals surface area contributed by atoms with Gasteiger partial charge in [-0.15, -0.1) is 0 Å². The van der Waals surface area contributed by atoms with E-state index in [2.05, 4.69) is 10.3 Å². The lowest BCUT2D eigenvalue weighted by Gasteiger charge is -2.07. The third-order valence-corrected chi connectivity index (χ3v) is 3.98. The first kappa shape index (κ1) is 19.2. The zero-order valence-corrected chi connectivity index (χ0v) is 15.8. The average molecular weight is 378 g/mol. The molecule has 3 rings (SSSR count). The van der Waals surface area contributed by atoms with Gasteiger partial charge in [0.25, 0.3) is 5.91 Å². The lowest BCUT2D eigenvalue weighted by atomic mass is 10.2. The van der Waals surface area contributed by atoms with Crippen molar-refractivity contribution < 1.29 is 18.7 Å². The molecule has 1 aromatic heterocycles. The first-order valence-corrected chi connectivity index (χ1v) is 8.85. The fourth-order valence-electron chi connectivity index (χ4n) is 2.49. The second kappa shape index (κ2) is 9.41. The van der Waals surface area contributed by atoms with Crippen LogP contribution in [0.25, 0.3) is 0 Å². The van der Waals surface area contributed by atoms with Crippen LogP contribution in [0.2, 0.25) is 0 Å². The van der Waals surface area contributed by atoms with Gasteiger partial charge in [-0.25, -0.2) is 0 Å². The summed E-state index contributed by atoms with van der Waals surface area (Å²) in [5.74, 6) is 1.82. The van der Waals surface area contributed by atoms with Crippen molar-refractivity contribution in [3.05, 3.63) is 77.7 Å². The van der Waals surface area contributed by atoms with E-state index in [1.54, 1.807) is 43.9 Å². The molecule has 1 amide bonds. The topological polar surface area (TPSA) is 73.1 Å². The Morgan fingerprint density at radius 2 is 2.00 bits per heavy atom. The molecule has 2 aromatic carbocycles. The minimum absolute atomic E-state index is 0.0609. The summed E-state index contributed by atoms with van der Waals surface area (Å²) in [4.78, 5) is 16.3. The van der Waals surface area contributed by atoms with E-state index in [4.69, 9.17) is 13.9 Å². The molecule has 1 N–H and O–H groups in total. The summed E-state index contributed by atoms with van der Waals surface area (Å²) in [5.41, 5.74) is 2.80. The molecule has 0 aliphatic heterocycles. The van der Waals surface area contributed by atoms with Crippen LogP contribution in [0.4, 0.5) is 5.69 Å². The van der Waals surface area contributed by atoms with Gasteiger partial charge < -0.3 is 19.2 Å². The van der Waals surface area contributed by atoms with Gasteiger partial charge in [-0.2, -0.15) is 0 Å². The van der Waals surface area contributed by atoms with Gasteiger partial charge in [0.05, 0.1) is 19.9 Å². The van der Waals surface area contributed by atoms with Gasteiger partial charge in [0.1, 0.15) is 22.9 Å². The van der Waals surface area contributed by atoms with Crippen LogP contribution in [0.1, 0.15) is 16.9 Å². The van der Waals surface area contributed by atoms with Crippen LogP contribution < -0.4 is 14.8 Å². The van der Waals surface area contributed by atoms with Crippen LogP contribution >= 0.6 is 0 Å². The van der Waals surface area contributed by atoms with E-state index in [1.165, 1.54) is 0 Å². The summed E-state index contributed by atoms with van der Waals surface area (Å²) in [6, 6.07) is 16.8. The number of nitrogens with one attached hydrogen (secondary N) is 1. The van der Waals surface area contributed by atoms with E-state index in [0.717, 1.165) is 22.6 Å². The minimum atomic E-state index is -0.214. The van der Waals surface area contributed by atoms with E-state index in [-0.39, 0.29) is 12.5 Å². The normalized spacial score (nSPS) is 10.8. The van der Waals surface area contributed by atoms with Gasteiger partial charge in [-0.1, -0.05) is 6.07 Å². The number of ether oxygens (including phenoxy) is 2. The summed E-state index contributed by atoms with van der Waals surface area (Å²) in [5, 5.41) is 2.73. The number of methoxy groups -OCH3 is 1. The number of rotatable bonds is 8. The van der Waals surface area contributed by atoms with Crippen molar-refractivity contribution in [1.29, 1.82) is 0 Å². The maximum Gasteiger partial charge on any atom is 0.258 e. The zero-order chi connectivity index (χ0) is 19.8. The number of carbonyl (C=O) groups is 1. The Labute approximate surface area is 163 Å². The first-order chi connectivity index (χ1) is 13.6. The summed E-state index contributed by atoms with van der Waals surface area (Å²) in [7, 11) is 1.63. The number of hydrogen-bond donors (Lipinski definition) is 1. The van der Waals surface area contributed by atoms with E-state index in [9.17, 15) is 4.79 Å². The Morgan fingerprint density at radius 3 is 2.71 bits per heavy atom. The zero-order valence-electron chi connectivity index (χ0n) is 15.8. The molecule has 0 saturated heterocycles. The fourth-order valence-corrected chi connectivity index (χ4v) is 2.49. The lowest BCUT2D eigenvalue weighted by Crippen LogP contribution is -2.28. The molecular weight excluding hydrogens is 356 g/mol. The van der Waals surface area contributed by atoms with Crippen LogP contribution in [0.15, 0.2) is 70.3 Å². The quantitative estimate of drug-likeness (QED) is 0.601. The number of furan rings is 1. The molecule has 3 aromatic rings. The molecule has 0 unspecified atom stereocenters. The minimum Gasteiger partial charge on any atom is -0.494 e. The molecule has 6 nitrogen and oxygen atoms in total. The molecule has 0 spiro atoms. The Hall–Kier alpha value is -3.54. The molecule has 0 aliphatic rings. The van der Waals surface area contributed by atoms with Crippen molar-refractivity contribution in [2.24, 2.45) is 4.99 Å². The SMILES string of the molecule is COc1ccc(C)cc1N=Cc1ccc(OCC(=O)NCc2ccco2)cc1. The van der Waals surface area contributed by atoms with Crippen LogP contribution in [0.3, 0.4) is 0 Å². The Morgan fingerprint density at radius 1 is 1.18 bits per heavy atom.